The van der Waals surface area contributed by atoms with Crippen molar-refractivity contribution in [1.29, 1.82) is 0 Å². The fraction of sp³-hybridized carbons (Fsp3) is 0.833. The molecule has 0 radical (unpaired) electrons. The summed E-state index contributed by atoms with van der Waals surface area (Å²) in [5.74, 6) is 0. The van der Waals surface area contributed by atoms with E-state index in [1.807, 2.05) is 4.68 Å². The highest BCUT2D eigenvalue weighted by molar-refractivity contribution is 5.15. The van der Waals surface area contributed by atoms with Crippen molar-refractivity contribution in [3.8, 4) is 0 Å². The lowest BCUT2D eigenvalue weighted by Crippen LogP contribution is -2.26. The lowest BCUT2D eigenvalue weighted by atomic mass is 9.98. The van der Waals surface area contributed by atoms with Gasteiger partial charge in [0.15, 0.2) is 0 Å². The zero-order valence-electron chi connectivity index (χ0n) is 10.4. The number of nitrogens with zero attached hydrogens (tertiary/aromatic N) is 3. The van der Waals surface area contributed by atoms with Gasteiger partial charge < -0.3 is 5.11 Å². The summed E-state index contributed by atoms with van der Waals surface area (Å²) in [4.78, 5) is 0. The van der Waals surface area contributed by atoms with Crippen LogP contribution in [0.1, 0.15) is 63.9 Å². The SMILES string of the molecule is CC(C)(C)n1nnc2c1CCCCCC2O. The Morgan fingerprint density at radius 3 is 2.69 bits per heavy atom. The van der Waals surface area contributed by atoms with Crippen LogP contribution in [0.4, 0.5) is 0 Å². The largest absolute Gasteiger partial charge is 0.387 e. The Bertz CT molecular complexity index is 365. The molecular weight excluding hydrogens is 202 g/mol. The minimum absolute atomic E-state index is 0.0561. The molecule has 0 saturated heterocycles. The molecule has 1 aliphatic rings. The Kier molecular flexibility index (Phi) is 3.02. The van der Waals surface area contributed by atoms with Crippen LogP contribution in [0.2, 0.25) is 0 Å². The third-order valence-electron chi connectivity index (χ3n) is 3.14. The van der Waals surface area contributed by atoms with E-state index in [0.717, 1.165) is 30.7 Å². The smallest absolute Gasteiger partial charge is 0.114 e. The van der Waals surface area contributed by atoms with E-state index in [-0.39, 0.29) is 5.54 Å². The number of fused-ring (bicyclic) bond motifs is 1. The maximum absolute atomic E-state index is 10.0. The number of aliphatic hydroxyl groups excluding tert-OH is 1. The zero-order chi connectivity index (χ0) is 11.8. The van der Waals surface area contributed by atoms with Gasteiger partial charge in [0.2, 0.25) is 0 Å². The van der Waals surface area contributed by atoms with Crippen LogP contribution in [0.25, 0.3) is 0 Å². The average molecular weight is 223 g/mol. The van der Waals surface area contributed by atoms with Crippen LogP contribution in [-0.2, 0) is 12.0 Å². The topological polar surface area (TPSA) is 50.9 Å². The molecule has 0 amide bonds. The molecule has 0 aliphatic heterocycles. The van der Waals surface area contributed by atoms with Gasteiger partial charge in [-0.1, -0.05) is 18.1 Å². The number of hydrogen-bond donors (Lipinski definition) is 1. The predicted octanol–water partition coefficient (Wildman–Crippen LogP) is 2.18. The quantitative estimate of drug-likeness (QED) is 0.733. The Morgan fingerprint density at radius 2 is 2.00 bits per heavy atom. The molecule has 0 saturated carbocycles. The second-order valence-electron chi connectivity index (χ2n) is 5.62. The van der Waals surface area contributed by atoms with Crippen LogP contribution in [-0.4, -0.2) is 20.1 Å². The summed E-state index contributed by atoms with van der Waals surface area (Å²) < 4.78 is 1.97. The molecule has 1 atom stereocenters. The monoisotopic (exact) mass is 223 g/mol. The van der Waals surface area contributed by atoms with Crippen molar-refractivity contribution in [3.63, 3.8) is 0 Å². The first-order valence-corrected chi connectivity index (χ1v) is 6.13. The molecule has 4 nitrogen and oxygen atoms in total. The third-order valence-corrected chi connectivity index (χ3v) is 3.14. The van der Waals surface area contributed by atoms with Gasteiger partial charge in [0.1, 0.15) is 5.69 Å². The molecule has 1 aliphatic carbocycles. The molecule has 1 aromatic heterocycles. The molecule has 90 valence electrons. The van der Waals surface area contributed by atoms with Crippen molar-refractivity contribution in [3.05, 3.63) is 11.4 Å². The van der Waals surface area contributed by atoms with E-state index >= 15 is 0 Å². The van der Waals surface area contributed by atoms with Crippen LogP contribution >= 0.6 is 0 Å². The molecule has 4 heteroatoms. The van der Waals surface area contributed by atoms with Gasteiger partial charge in [0, 0.05) is 0 Å². The van der Waals surface area contributed by atoms with Gasteiger partial charge in [0.05, 0.1) is 17.3 Å². The van der Waals surface area contributed by atoms with Gasteiger partial charge >= 0.3 is 0 Å². The number of rotatable bonds is 0. The van der Waals surface area contributed by atoms with Gasteiger partial charge in [-0.3, -0.25) is 0 Å². The van der Waals surface area contributed by atoms with Crippen LogP contribution in [0.5, 0.6) is 0 Å². The summed E-state index contributed by atoms with van der Waals surface area (Å²) >= 11 is 0. The van der Waals surface area contributed by atoms with Crippen LogP contribution in [0.3, 0.4) is 0 Å². The van der Waals surface area contributed by atoms with E-state index < -0.39 is 6.10 Å². The van der Waals surface area contributed by atoms with Crippen molar-refractivity contribution in [2.75, 3.05) is 0 Å². The van der Waals surface area contributed by atoms with Gasteiger partial charge in [-0.2, -0.15) is 0 Å². The van der Waals surface area contributed by atoms with E-state index in [0.29, 0.717) is 0 Å². The molecular formula is C12H21N3O. The van der Waals surface area contributed by atoms with E-state index in [1.54, 1.807) is 0 Å². The van der Waals surface area contributed by atoms with Crippen LogP contribution in [0.15, 0.2) is 0 Å². The molecule has 0 bridgehead atoms. The van der Waals surface area contributed by atoms with Crippen molar-refractivity contribution in [1.82, 2.24) is 15.0 Å². The summed E-state index contributed by atoms with van der Waals surface area (Å²) in [5, 5.41) is 18.4. The van der Waals surface area contributed by atoms with E-state index in [1.165, 1.54) is 12.8 Å². The highest BCUT2D eigenvalue weighted by Gasteiger charge is 2.26. The molecule has 1 N–H and O–H groups in total. The summed E-state index contributed by atoms with van der Waals surface area (Å²) in [6.45, 7) is 6.35. The van der Waals surface area contributed by atoms with Crippen molar-refractivity contribution < 1.29 is 5.11 Å². The predicted molar refractivity (Wildman–Crippen MR) is 62.1 cm³/mol. The van der Waals surface area contributed by atoms with E-state index in [4.69, 9.17) is 0 Å². The molecule has 16 heavy (non-hydrogen) atoms. The fourth-order valence-corrected chi connectivity index (χ4v) is 2.29. The first kappa shape index (κ1) is 11.6. The van der Waals surface area contributed by atoms with Crippen molar-refractivity contribution >= 4 is 0 Å². The van der Waals surface area contributed by atoms with Crippen molar-refractivity contribution in [2.24, 2.45) is 0 Å². The maximum atomic E-state index is 10.0. The molecule has 1 unspecified atom stereocenters. The Morgan fingerprint density at radius 1 is 1.25 bits per heavy atom. The number of aliphatic hydroxyl groups is 1. The molecule has 0 aromatic carbocycles. The summed E-state index contributed by atoms with van der Waals surface area (Å²) in [5.41, 5.74) is 1.87. The minimum Gasteiger partial charge on any atom is -0.387 e. The molecule has 2 rings (SSSR count). The highest BCUT2D eigenvalue weighted by atomic mass is 16.3. The summed E-state index contributed by atoms with van der Waals surface area (Å²) in [7, 11) is 0. The molecule has 1 heterocycles. The van der Waals surface area contributed by atoms with Gasteiger partial charge in [-0.25, -0.2) is 4.68 Å². The maximum Gasteiger partial charge on any atom is 0.114 e. The van der Waals surface area contributed by atoms with E-state index in [9.17, 15) is 5.11 Å². The second-order valence-corrected chi connectivity index (χ2v) is 5.62. The normalized spacial score (nSPS) is 22.4. The van der Waals surface area contributed by atoms with Crippen LogP contribution in [0, 0.1) is 0 Å². The lowest BCUT2D eigenvalue weighted by molar-refractivity contribution is 0.155. The van der Waals surface area contributed by atoms with E-state index in [2.05, 4.69) is 31.1 Å². The lowest BCUT2D eigenvalue weighted by Gasteiger charge is -2.23. The number of hydrogen-bond acceptors (Lipinski definition) is 3. The highest BCUT2D eigenvalue weighted by Crippen LogP contribution is 2.28. The first-order chi connectivity index (χ1) is 7.50. The van der Waals surface area contributed by atoms with Crippen LogP contribution < -0.4 is 0 Å². The second kappa shape index (κ2) is 4.17. The average Bonchev–Trinajstić information content (AvgIpc) is 2.56. The molecule has 1 aromatic rings. The summed E-state index contributed by atoms with van der Waals surface area (Å²) in [6, 6.07) is 0. The summed E-state index contributed by atoms with van der Waals surface area (Å²) in [6.07, 6.45) is 4.82. The zero-order valence-corrected chi connectivity index (χ0v) is 10.4. The van der Waals surface area contributed by atoms with Gasteiger partial charge in [0.25, 0.3) is 0 Å². The Labute approximate surface area is 96.7 Å². The standard InChI is InChI=1S/C12H21N3O/c1-12(2,3)15-9-7-5-4-6-8-10(16)11(9)13-14-15/h10,16H,4-8H2,1-3H3. The first-order valence-electron chi connectivity index (χ1n) is 6.13. The fourth-order valence-electron chi connectivity index (χ4n) is 2.29. The van der Waals surface area contributed by atoms with Gasteiger partial charge in [-0.15, -0.1) is 5.10 Å². The van der Waals surface area contributed by atoms with Crippen molar-refractivity contribution in [2.45, 2.75) is 64.5 Å². The Balaban J connectivity index is 2.41. The third kappa shape index (κ3) is 2.12. The number of aromatic nitrogens is 3. The molecule has 0 fully saturated rings. The van der Waals surface area contributed by atoms with Gasteiger partial charge in [-0.05, 0) is 40.0 Å². The Hall–Kier alpha value is -0.900. The minimum atomic E-state index is -0.425. The molecule has 0 spiro atoms.